The Morgan fingerprint density at radius 3 is 2.38 bits per heavy atom. The number of nitrogens with one attached hydrogen (secondary N) is 1. The molecule has 0 aliphatic heterocycles. The van der Waals surface area contributed by atoms with Crippen LogP contribution in [0.15, 0.2) is 12.7 Å². The van der Waals surface area contributed by atoms with Crippen molar-refractivity contribution in [2.75, 3.05) is 6.54 Å². The van der Waals surface area contributed by atoms with Crippen molar-refractivity contribution >= 4 is 26.5 Å². The van der Waals surface area contributed by atoms with E-state index < -0.39 is 20.6 Å². The first-order valence-electron chi connectivity index (χ1n) is 3.86. The van der Waals surface area contributed by atoms with Gasteiger partial charge in [-0.1, -0.05) is 19.9 Å². The predicted molar refractivity (Wildman–Crippen MR) is 49.0 cm³/mol. The fourth-order valence-electron chi connectivity index (χ4n) is 0.461. The van der Waals surface area contributed by atoms with Gasteiger partial charge in [0.15, 0.2) is 0 Å². The van der Waals surface area contributed by atoms with Crippen LogP contribution in [0.1, 0.15) is 19.8 Å². The summed E-state index contributed by atoms with van der Waals surface area (Å²) in [6, 6.07) is 0. The van der Waals surface area contributed by atoms with E-state index >= 15 is 0 Å². The standard InChI is InChI=1S/C7H13NO.2H2O.O.Sn/c1-3-5-6-8-7(9)4-2;;;;/h4H,2-3,5-6H2,1H3,(H,8,9);2*1H2;;/q;;;;+2/p-2. The first-order valence-corrected chi connectivity index (χ1v) is 7.58. The second-order valence-corrected chi connectivity index (χ2v) is 3.74. The van der Waals surface area contributed by atoms with Gasteiger partial charge in [0.05, 0.1) is 0 Å². The molecule has 0 unspecified atom stereocenters. The number of hydrogen-bond donors (Lipinski definition) is 3. The van der Waals surface area contributed by atoms with Gasteiger partial charge in [0, 0.05) is 6.54 Å². The van der Waals surface area contributed by atoms with Crippen molar-refractivity contribution < 1.29 is 14.8 Å². The molecular formula is C7H15NO4Sn. The monoisotopic (exact) mass is 297 g/mol. The summed E-state index contributed by atoms with van der Waals surface area (Å²) in [5, 5.41) is 2.68. The van der Waals surface area contributed by atoms with Crippen molar-refractivity contribution in [2.45, 2.75) is 19.8 Å². The summed E-state index contributed by atoms with van der Waals surface area (Å²) in [5.41, 5.74) is 0. The van der Waals surface area contributed by atoms with Crippen LogP contribution < -0.4 is 5.32 Å². The Morgan fingerprint density at radius 1 is 1.62 bits per heavy atom. The molecule has 0 rings (SSSR count). The zero-order valence-electron chi connectivity index (χ0n) is 7.62. The van der Waals surface area contributed by atoms with E-state index in [0.29, 0.717) is 0 Å². The van der Waals surface area contributed by atoms with Gasteiger partial charge >= 0.3 is 30.5 Å². The number of carbonyl (C=O) groups excluding carboxylic acids is 1. The van der Waals surface area contributed by atoms with Crippen LogP contribution in [0, 0.1) is 0 Å². The fraction of sp³-hybridized carbons (Fsp3) is 0.571. The first-order chi connectivity index (χ1) is 6.04. The zero-order chi connectivity index (χ0) is 10.7. The van der Waals surface area contributed by atoms with Crippen molar-refractivity contribution in [1.29, 1.82) is 0 Å². The number of hydrogen-bond acceptors (Lipinski definition) is 2. The van der Waals surface area contributed by atoms with Crippen molar-refractivity contribution in [2.24, 2.45) is 0 Å². The number of carbonyl (C=O) groups is 1. The fourth-order valence-corrected chi connectivity index (χ4v) is 0.461. The molecule has 0 bridgehead atoms. The molecule has 0 aliphatic rings. The van der Waals surface area contributed by atoms with E-state index in [2.05, 4.69) is 18.8 Å². The van der Waals surface area contributed by atoms with E-state index in [4.69, 9.17) is 9.96 Å². The molecule has 76 valence electrons. The Hall–Kier alpha value is -0.271. The first kappa shape index (κ1) is 15.2. The molecule has 13 heavy (non-hydrogen) atoms. The van der Waals surface area contributed by atoms with Crippen molar-refractivity contribution in [3.05, 3.63) is 12.7 Å². The molecule has 0 atom stereocenters. The molecule has 1 amide bonds. The van der Waals surface area contributed by atoms with Crippen molar-refractivity contribution in [1.82, 2.24) is 5.32 Å². The second-order valence-electron chi connectivity index (χ2n) is 2.13. The number of unbranched alkanes of at least 4 members (excludes halogenated alkanes) is 1. The molecule has 0 radical (unpaired) electrons. The molecule has 5 nitrogen and oxygen atoms in total. The Morgan fingerprint density at radius 2 is 2.08 bits per heavy atom. The summed E-state index contributed by atoms with van der Waals surface area (Å²) in [6.45, 7) is 6.18. The predicted octanol–water partition coefficient (Wildman–Crippen LogP) is -0.525. The Labute approximate surface area is 85.7 Å². The summed E-state index contributed by atoms with van der Waals surface area (Å²) in [7, 11) is 0. The molecule has 0 aromatic heterocycles. The van der Waals surface area contributed by atoms with Gasteiger partial charge in [0.1, 0.15) is 0 Å². The Kier molecular flexibility index (Phi) is 13.7. The Balaban J connectivity index is 0. The second kappa shape index (κ2) is 11.7. The van der Waals surface area contributed by atoms with Crippen LogP contribution in [0.25, 0.3) is 0 Å². The van der Waals surface area contributed by atoms with E-state index in [1.807, 2.05) is 0 Å². The van der Waals surface area contributed by atoms with Gasteiger partial charge in [-0.25, -0.2) is 0 Å². The number of amides is 1. The third kappa shape index (κ3) is 24.5. The molecule has 0 saturated heterocycles. The average molecular weight is 296 g/mol. The normalized spacial score (nSPS) is 7.92. The zero-order valence-corrected chi connectivity index (χ0v) is 10.5. The van der Waals surface area contributed by atoms with Gasteiger partial charge in [-0.05, 0) is 12.5 Å². The molecule has 0 fully saturated rings. The maximum atomic E-state index is 10.5. The van der Waals surface area contributed by atoms with Gasteiger partial charge in [0.25, 0.3) is 0 Å². The maximum absolute atomic E-state index is 10.5. The van der Waals surface area contributed by atoms with E-state index in [1.165, 1.54) is 6.08 Å². The van der Waals surface area contributed by atoms with Gasteiger partial charge in [-0.2, -0.15) is 0 Å². The summed E-state index contributed by atoms with van der Waals surface area (Å²) >= 11 is -3.79. The topological polar surface area (TPSA) is 86.6 Å². The van der Waals surface area contributed by atoms with Crippen LogP contribution in [0.4, 0.5) is 0 Å². The third-order valence-electron chi connectivity index (χ3n) is 1.01. The SMILES string of the molecule is C=CC(=O)NCCCC.[O]=[Sn]([OH])[OH]. The summed E-state index contributed by atoms with van der Waals surface area (Å²) in [4.78, 5) is 10.5. The van der Waals surface area contributed by atoms with E-state index in [-0.39, 0.29) is 5.91 Å². The van der Waals surface area contributed by atoms with Crippen LogP contribution in [0.2, 0.25) is 0 Å². The average Bonchev–Trinajstić information content (AvgIpc) is 2.03. The molecule has 0 spiro atoms. The number of rotatable bonds is 4. The van der Waals surface area contributed by atoms with Gasteiger partial charge in [0.2, 0.25) is 5.91 Å². The minimum absolute atomic E-state index is 0.0801. The molecule has 6 heteroatoms. The third-order valence-corrected chi connectivity index (χ3v) is 1.01. The molecule has 0 aliphatic carbocycles. The van der Waals surface area contributed by atoms with Gasteiger partial charge in [-0.3, -0.25) is 4.79 Å². The summed E-state index contributed by atoms with van der Waals surface area (Å²) in [5.74, 6) is -0.0801. The molecule has 0 aromatic rings. The minimum atomic E-state index is -3.79. The van der Waals surface area contributed by atoms with Crippen LogP contribution in [0.5, 0.6) is 0 Å². The van der Waals surface area contributed by atoms with Gasteiger partial charge < -0.3 is 5.32 Å². The van der Waals surface area contributed by atoms with Crippen LogP contribution in [0.3, 0.4) is 0 Å². The molecular weight excluding hydrogens is 281 g/mol. The Bertz CT molecular complexity index is 168. The van der Waals surface area contributed by atoms with Crippen LogP contribution >= 0.6 is 0 Å². The van der Waals surface area contributed by atoms with Crippen molar-refractivity contribution in [3.8, 4) is 0 Å². The van der Waals surface area contributed by atoms with E-state index in [1.54, 1.807) is 0 Å². The summed E-state index contributed by atoms with van der Waals surface area (Å²) < 4.78 is 23.3. The van der Waals surface area contributed by atoms with Crippen LogP contribution in [-0.4, -0.2) is 39.9 Å². The molecule has 0 heterocycles. The molecule has 3 N–H and O–H groups in total. The van der Waals surface area contributed by atoms with E-state index in [9.17, 15) is 4.79 Å². The molecule has 0 aromatic carbocycles. The van der Waals surface area contributed by atoms with Crippen LogP contribution in [-0.2, 0) is 7.87 Å². The molecule has 0 saturated carbocycles. The summed E-state index contributed by atoms with van der Waals surface area (Å²) in [6.07, 6.45) is 3.44. The van der Waals surface area contributed by atoms with Crippen molar-refractivity contribution in [3.63, 3.8) is 0 Å². The van der Waals surface area contributed by atoms with Gasteiger partial charge in [-0.15, -0.1) is 0 Å². The quantitative estimate of drug-likeness (QED) is 0.370. The van der Waals surface area contributed by atoms with E-state index in [0.717, 1.165) is 19.4 Å².